The minimum atomic E-state index is -0.924. The molecule has 5 aliphatic rings. The van der Waals surface area contributed by atoms with Crippen molar-refractivity contribution in [3.8, 4) is 0 Å². The third-order valence-electron chi connectivity index (χ3n) is 6.38. The lowest BCUT2D eigenvalue weighted by Crippen LogP contribution is -2.52. The molecule has 0 spiro atoms. The van der Waals surface area contributed by atoms with Crippen LogP contribution in [0.15, 0.2) is 0 Å². The van der Waals surface area contributed by atoms with Gasteiger partial charge in [0.15, 0.2) is 0 Å². The molecule has 7 nitrogen and oxygen atoms in total. The Kier molecular flexibility index (Phi) is 3.44. The highest BCUT2D eigenvalue weighted by Gasteiger charge is 2.51. The highest BCUT2D eigenvalue weighted by Crippen LogP contribution is 2.59. The first-order valence-corrected chi connectivity index (χ1v) is 8.77. The van der Waals surface area contributed by atoms with Crippen LogP contribution in [0.25, 0.3) is 0 Å². The first-order valence-electron chi connectivity index (χ1n) is 8.77. The molecule has 0 aromatic heterocycles. The van der Waals surface area contributed by atoms with Crippen molar-refractivity contribution >= 4 is 23.8 Å². The molecule has 1 heterocycles. The van der Waals surface area contributed by atoms with Crippen LogP contribution in [0, 0.1) is 23.2 Å². The standard InChI is InChI=1S/C17H23N3O4/c1-19-14(22)15(23)20(16(19)24)8-13(21)18-9-17-5-10-2-11(6-17)4-12(3-10)7-17/h10-12H,2-9H2,1H3,(H,18,21). The lowest BCUT2D eigenvalue weighted by Gasteiger charge is -2.56. The summed E-state index contributed by atoms with van der Waals surface area (Å²) in [6, 6.07) is -0.727. The van der Waals surface area contributed by atoms with Crippen LogP contribution >= 0.6 is 0 Å². The molecular weight excluding hydrogens is 310 g/mol. The highest BCUT2D eigenvalue weighted by molar-refractivity contribution is 6.44. The zero-order valence-corrected chi connectivity index (χ0v) is 13.9. The normalized spacial score (nSPS) is 37.5. The van der Waals surface area contributed by atoms with E-state index in [1.165, 1.54) is 45.6 Å². The largest absolute Gasteiger partial charge is 0.354 e. The second kappa shape index (κ2) is 5.29. The van der Waals surface area contributed by atoms with Gasteiger partial charge in [-0.05, 0) is 61.7 Å². The summed E-state index contributed by atoms with van der Waals surface area (Å²) >= 11 is 0. The molecule has 4 saturated carbocycles. The zero-order chi connectivity index (χ0) is 17.1. The maximum Gasteiger partial charge on any atom is 0.334 e. The van der Waals surface area contributed by atoms with Crippen molar-refractivity contribution in [1.29, 1.82) is 0 Å². The fourth-order valence-corrected chi connectivity index (χ4v) is 5.75. The van der Waals surface area contributed by atoms with Crippen LogP contribution in [0.1, 0.15) is 38.5 Å². The van der Waals surface area contributed by atoms with Gasteiger partial charge in [0.1, 0.15) is 6.54 Å². The fraction of sp³-hybridized carbons (Fsp3) is 0.765. The van der Waals surface area contributed by atoms with Crippen LogP contribution in [0.2, 0.25) is 0 Å². The molecule has 0 aromatic rings. The average molecular weight is 333 g/mol. The summed E-state index contributed by atoms with van der Waals surface area (Å²) in [5, 5.41) is 2.92. The van der Waals surface area contributed by atoms with Crippen molar-refractivity contribution in [2.45, 2.75) is 38.5 Å². The van der Waals surface area contributed by atoms with Crippen LogP contribution in [0.3, 0.4) is 0 Å². The maximum absolute atomic E-state index is 12.2. The number of rotatable bonds is 4. The molecular formula is C17H23N3O4. The van der Waals surface area contributed by atoms with Gasteiger partial charge in [0.25, 0.3) is 0 Å². The zero-order valence-electron chi connectivity index (χ0n) is 13.9. The Labute approximate surface area is 140 Å². The van der Waals surface area contributed by atoms with Gasteiger partial charge >= 0.3 is 17.8 Å². The van der Waals surface area contributed by atoms with Crippen molar-refractivity contribution in [3.05, 3.63) is 0 Å². The second-order valence-corrected chi connectivity index (χ2v) is 8.23. The number of nitrogens with one attached hydrogen (secondary N) is 1. The third kappa shape index (κ3) is 2.41. The lowest BCUT2D eigenvalue weighted by molar-refractivity contribution is -0.143. The van der Waals surface area contributed by atoms with Crippen LogP contribution in [0.4, 0.5) is 4.79 Å². The predicted molar refractivity (Wildman–Crippen MR) is 83.5 cm³/mol. The van der Waals surface area contributed by atoms with E-state index in [1.54, 1.807) is 0 Å². The van der Waals surface area contributed by atoms with E-state index in [1.807, 2.05) is 0 Å². The fourth-order valence-electron chi connectivity index (χ4n) is 5.75. The molecule has 0 aromatic carbocycles. The number of urea groups is 1. The van der Waals surface area contributed by atoms with E-state index in [4.69, 9.17) is 0 Å². The van der Waals surface area contributed by atoms with E-state index in [0.717, 1.165) is 27.6 Å². The Morgan fingerprint density at radius 3 is 2.04 bits per heavy atom. The van der Waals surface area contributed by atoms with E-state index in [9.17, 15) is 19.2 Å². The number of carbonyl (C=O) groups excluding carboxylic acids is 4. The summed E-state index contributed by atoms with van der Waals surface area (Å²) in [4.78, 5) is 48.7. The van der Waals surface area contributed by atoms with Crippen molar-refractivity contribution in [2.24, 2.45) is 23.2 Å². The summed E-state index contributed by atoms with van der Waals surface area (Å²) in [7, 11) is 1.25. The predicted octanol–water partition coefficient (Wildman–Crippen LogP) is 0.740. The van der Waals surface area contributed by atoms with Crippen LogP contribution < -0.4 is 5.32 Å². The molecule has 0 unspecified atom stereocenters. The van der Waals surface area contributed by atoms with Gasteiger partial charge in [-0.15, -0.1) is 0 Å². The van der Waals surface area contributed by atoms with Crippen LogP contribution in [0.5, 0.6) is 0 Å². The first kappa shape index (κ1) is 15.6. The molecule has 4 bridgehead atoms. The topological polar surface area (TPSA) is 86.8 Å². The van der Waals surface area contributed by atoms with Gasteiger partial charge < -0.3 is 5.32 Å². The molecule has 5 fully saturated rings. The van der Waals surface area contributed by atoms with Gasteiger partial charge in [-0.1, -0.05) is 0 Å². The van der Waals surface area contributed by atoms with Crippen molar-refractivity contribution in [3.63, 3.8) is 0 Å². The molecule has 5 rings (SSSR count). The summed E-state index contributed by atoms with van der Waals surface area (Å²) in [6.45, 7) is 0.245. The van der Waals surface area contributed by atoms with E-state index < -0.39 is 17.8 Å². The van der Waals surface area contributed by atoms with Gasteiger partial charge in [-0.3, -0.25) is 19.3 Å². The van der Waals surface area contributed by atoms with E-state index in [0.29, 0.717) is 6.54 Å². The van der Waals surface area contributed by atoms with Crippen molar-refractivity contribution < 1.29 is 19.2 Å². The molecule has 1 N–H and O–H groups in total. The number of carbonyl (C=O) groups is 4. The Morgan fingerprint density at radius 2 is 1.58 bits per heavy atom. The summed E-state index contributed by atoms with van der Waals surface area (Å²) in [5.74, 6) is 0.250. The molecule has 1 aliphatic heterocycles. The molecule has 0 atom stereocenters. The molecule has 0 radical (unpaired) electrons. The van der Waals surface area contributed by atoms with Gasteiger partial charge in [-0.25, -0.2) is 9.69 Å². The number of hydrogen-bond acceptors (Lipinski definition) is 4. The monoisotopic (exact) mass is 333 g/mol. The SMILES string of the molecule is CN1C(=O)C(=O)N(CC(=O)NCC23CC4CC(CC(C4)C2)C3)C1=O. The lowest BCUT2D eigenvalue weighted by atomic mass is 9.49. The number of nitrogens with zero attached hydrogens (tertiary/aromatic N) is 2. The summed E-state index contributed by atoms with van der Waals surface area (Å²) in [6.07, 6.45) is 7.58. The number of imide groups is 2. The van der Waals surface area contributed by atoms with E-state index >= 15 is 0 Å². The van der Waals surface area contributed by atoms with Crippen molar-refractivity contribution in [1.82, 2.24) is 15.1 Å². The van der Waals surface area contributed by atoms with Crippen molar-refractivity contribution in [2.75, 3.05) is 20.1 Å². The molecule has 7 heteroatoms. The Bertz CT molecular complexity index is 594. The van der Waals surface area contributed by atoms with Gasteiger partial charge in [-0.2, -0.15) is 0 Å². The smallest absolute Gasteiger partial charge is 0.334 e. The third-order valence-corrected chi connectivity index (χ3v) is 6.38. The number of amides is 5. The molecule has 5 amide bonds. The molecule has 1 saturated heterocycles. The minimum absolute atomic E-state index is 0.204. The maximum atomic E-state index is 12.2. The number of hydrogen-bond donors (Lipinski definition) is 1. The summed E-state index contributed by atoms with van der Waals surface area (Å²) < 4.78 is 0. The van der Waals surface area contributed by atoms with E-state index in [-0.39, 0.29) is 17.9 Å². The first-order chi connectivity index (χ1) is 11.4. The minimum Gasteiger partial charge on any atom is -0.354 e. The molecule has 24 heavy (non-hydrogen) atoms. The Balaban J connectivity index is 1.35. The Morgan fingerprint density at radius 1 is 1.04 bits per heavy atom. The van der Waals surface area contributed by atoms with Gasteiger partial charge in [0.2, 0.25) is 5.91 Å². The average Bonchev–Trinajstić information content (AvgIpc) is 2.70. The molecule has 4 aliphatic carbocycles. The number of likely N-dealkylation sites (N-methyl/N-ethyl adjacent to an activating group) is 1. The van der Waals surface area contributed by atoms with Crippen LogP contribution in [-0.2, 0) is 14.4 Å². The van der Waals surface area contributed by atoms with Gasteiger partial charge in [0.05, 0.1) is 0 Å². The Hall–Kier alpha value is -1.92. The summed E-state index contributed by atoms with van der Waals surface area (Å²) in [5.41, 5.74) is 0.204. The molecule has 130 valence electrons. The highest BCUT2D eigenvalue weighted by atomic mass is 16.2. The van der Waals surface area contributed by atoms with Gasteiger partial charge in [0, 0.05) is 13.6 Å². The quantitative estimate of drug-likeness (QED) is 0.607. The van der Waals surface area contributed by atoms with Crippen LogP contribution in [-0.4, -0.2) is 53.7 Å². The second-order valence-electron chi connectivity index (χ2n) is 8.23. The van der Waals surface area contributed by atoms with E-state index in [2.05, 4.69) is 5.32 Å².